The Bertz CT molecular complexity index is 796. The number of methoxy groups -OCH3 is 1. The molecule has 0 spiro atoms. The van der Waals surface area contributed by atoms with E-state index in [2.05, 4.69) is 10.6 Å². The third kappa shape index (κ3) is 7.27. The highest BCUT2D eigenvalue weighted by molar-refractivity contribution is 8.00. The van der Waals surface area contributed by atoms with Crippen LogP contribution in [-0.2, 0) is 9.59 Å². The third-order valence-electron chi connectivity index (χ3n) is 3.87. The van der Waals surface area contributed by atoms with Gasteiger partial charge in [-0.2, -0.15) is 0 Å². The number of amides is 2. The van der Waals surface area contributed by atoms with E-state index < -0.39 is 0 Å². The Morgan fingerprint density at radius 2 is 1.50 bits per heavy atom. The molecule has 0 aliphatic rings. The molecule has 5 nitrogen and oxygen atoms in total. The summed E-state index contributed by atoms with van der Waals surface area (Å²) in [5.41, 5.74) is 1.44. The van der Waals surface area contributed by atoms with Crippen LogP contribution in [-0.4, -0.2) is 24.2 Å². The molecule has 0 saturated carbocycles. The number of thioether (sulfide) groups is 1. The van der Waals surface area contributed by atoms with Gasteiger partial charge in [0.15, 0.2) is 0 Å². The SMILES string of the molecule is COc1ccc(NC(=O)C(C)Sc2ccc(NC(=O)CC(C)(C)C)cc2)cc1. The largest absolute Gasteiger partial charge is 0.497 e. The van der Waals surface area contributed by atoms with Crippen LogP contribution in [0.4, 0.5) is 11.4 Å². The minimum Gasteiger partial charge on any atom is -0.497 e. The molecule has 2 N–H and O–H groups in total. The Hall–Kier alpha value is -2.47. The van der Waals surface area contributed by atoms with E-state index >= 15 is 0 Å². The molecule has 2 amide bonds. The standard InChI is InChI=1S/C22H28N2O3S/c1-15(21(26)24-17-6-10-18(27-5)11-7-17)28-19-12-8-16(9-13-19)23-20(25)14-22(2,3)4/h6-13,15H,14H2,1-5H3,(H,23,25)(H,24,26). The Kier molecular flexibility index (Phi) is 7.52. The lowest BCUT2D eigenvalue weighted by Gasteiger charge is -2.17. The van der Waals surface area contributed by atoms with Gasteiger partial charge in [-0.3, -0.25) is 9.59 Å². The van der Waals surface area contributed by atoms with Gasteiger partial charge in [-0.05, 0) is 60.9 Å². The third-order valence-corrected chi connectivity index (χ3v) is 4.98. The molecule has 1 atom stereocenters. The average Bonchev–Trinajstić information content (AvgIpc) is 2.62. The number of hydrogen-bond donors (Lipinski definition) is 2. The fourth-order valence-corrected chi connectivity index (χ4v) is 3.35. The molecule has 6 heteroatoms. The summed E-state index contributed by atoms with van der Waals surface area (Å²) in [5, 5.41) is 5.55. The van der Waals surface area contributed by atoms with Gasteiger partial charge in [-0.15, -0.1) is 11.8 Å². The van der Waals surface area contributed by atoms with Gasteiger partial charge in [-0.25, -0.2) is 0 Å². The van der Waals surface area contributed by atoms with Crippen molar-refractivity contribution < 1.29 is 14.3 Å². The van der Waals surface area contributed by atoms with Crippen LogP contribution in [0.5, 0.6) is 5.75 Å². The first-order valence-corrected chi connectivity index (χ1v) is 10.1. The van der Waals surface area contributed by atoms with Gasteiger partial charge in [-0.1, -0.05) is 20.8 Å². The van der Waals surface area contributed by atoms with Gasteiger partial charge in [0.1, 0.15) is 5.75 Å². The van der Waals surface area contributed by atoms with Crippen molar-refractivity contribution in [2.24, 2.45) is 5.41 Å². The van der Waals surface area contributed by atoms with E-state index in [9.17, 15) is 9.59 Å². The molecule has 1 unspecified atom stereocenters. The fourth-order valence-electron chi connectivity index (χ4n) is 2.48. The lowest BCUT2D eigenvalue weighted by atomic mass is 9.92. The second kappa shape index (κ2) is 9.64. The summed E-state index contributed by atoms with van der Waals surface area (Å²) in [5.74, 6) is 0.674. The molecule has 0 aromatic heterocycles. The summed E-state index contributed by atoms with van der Waals surface area (Å²) in [7, 11) is 1.60. The highest BCUT2D eigenvalue weighted by atomic mass is 32.2. The smallest absolute Gasteiger partial charge is 0.237 e. The van der Waals surface area contributed by atoms with E-state index in [-0.39, 0.29) is 22.5 Å². The van der Waals surface area contributed by atoms with E-state index in [1.54, 1.807) is 19.2 Å². The number of rotatable bonds is 7. The molecule has 0 heterocycles. The quantitative estimate of drug-likeness (QED) is 0.628. The average molecular weight is 401 g/mol. The van der Waals surface area contributed by atoms with E-state index in [1.807, 2.05) is 64.1 Å². The van der Waals surface area contributed by atoms with Crippen LogP contribution in [0.25, 0.3) is 0 Å². The number of carbonyl (C=O) groups is 2. The Morgan fingerprint density at radius 3 is 2.04 bits per heavy atom. The predicted octanol–water partition coefficient (Wildman–Crippen LogP) is 5.19. The van der Waals surface area contributed by atoms with Crippen LogP contribution in [0.3, 0.4) is 0 Å². The summed E-state index contributed by atoms with van der Waals surface area (Å²) in [6.07, 6.45) is 0.464. The molecule has 0 fully saturated rings. The molecule has 0 radical (unpaired) electrons. The summed E-state index contributed by atoms with van der Waals surface area (Å²) in [6, 6.07) is 14.8. The number of hydrogen-bond acceptors (Lipinski definition) is 4. The van der Waals surface area contributed by atoms with Gasteiger partial charge >= 0.3 is 0 Å². The number of benzene rings is 2. The van der Waals surface area contributed by atoms with Gasteiger partial charge in [0, 0.05) is 22.7 Å². The van der Waals surface area contributed by atoms with E-state index in [0.29, 0.717) is 6.42 Å². The predicted molar refractivity (Wildman–Crippen MR) is 116 cm³/mol. The minimum absolute atomic E-state index is 0.000130. The first-order valence-electron chi connectivity index (χ1n) is 9.18. The lowest BCUT2D eigenvalue weighted by molar-refractivity contribution is -0.118. The molecular formula is C22H28N2O3S. The van der Waals surface area contributed by atoms with Crippen molar-refractivity contribution in [2.45, 2.75) is 44.3 Å². The molecule has 0 saturated heterocycles. The van der Waals surface area contributed by atoms with Crippen LogP contribution in [0.1, 0.15) is 34.1 Å². The Morgan fingerprint density at radius 1 is 0.964 bits per heavy atom. The van der Waals surface area contributed by atoms with Gasteiger partial charge in [0.25, 0.3) is 0 Å². The maximum atomic E-state index is 12.4. The summed E-state index contributed by atoms with van der Waals surface area (Å²) < 4.78 is 5.11. The number of nitrogens with one attached hydrogen (secondary N) is 2. The van der Waals surface area contributed by atoms with Crippen LogP contribution in [0.15, 0.2) is 53.4 Å². The van der Waals surface area contributed by atoms with Crippen molar-refractivity contribution in [3.8, 4) is 5.75 Å². The minimum atomic E-state index is -0.261. The van der Waals surface area contributed by atoms with Crippen molar-refractivity contribution in [1.82, 2.24) is 0 Å². The zero-order valence-corrected chi connectivity index (χ0v) is 17.9. The van der Waals surface area contributed by atoms with Crippen LogP contribution in [0.2, 0.25) is 0 Å². The van der Waals surface area contributed by atoms with E-state index in [4.69, 9.17) is 4.74 Å². The molecule has 2 aromatic rings. The van der Waals surface area contributed by atoms with Crippen LogP contribution < -0.4 is 15.4 Å². The molecule has 0 aliphatic carbocycles. The summed E-state index contributed by atoms with van der Waals surface area (Å²) in [6.45, 7) is 7.96. The number of carbonyl (C=O) groups excluding carboxylic acids is 2. The molecule has 0 bridgehead atoms. The van der Waals surface area contributed by atoms with Crippen molar-refractivity contribution in [1.29, 1.82) is 0 Å². The number of anilines is 2. The van der Waals surface area contributed by atoms with Crippen molar-refractivity contribution in [3.05, 3.63) is 48.5 Å². The van der Waals surface area contributed by atoms with Gasteiger partial charge < -0.3 is 15.4 Å². The first kappa shape index (κ1) is 21.8. The maximum absolute atomic E-state index is 12.4. The second-order valence-corrected chi connectivity index (χ2v) is 9.20. The van der Waals surface area contributed by atoms with E-state index in [0.717, 1.165) is 22.0 Å². The van der Waals surface area contributed by atoms with Crippen molar-refractivity contribution in [2.75, 3.05) is 17.7 Å². The molecule has 28 heavy (non-hydrogen) atoms. The Balaban J connectivity index is 1.88. The molecule has 150 valence electrons. The zero-order valence-electron chi connectivity index (χ0n) is 17.0. The summed E-state index contributed by atoms with van der Waals surface area (Å²) >= 11 is 1.47. The van der Waals surface area contributed by atoms with Crippen molar-refractivity contribution in [3.63, 3.8) is 0 Å². The van der Waals surface area contributed by atoms with Gasteiger partial charge in [0.05, 0.1) is 12.4 Å². The zero-order chi connectivity index (χ0) is 20.7. The van der Waals surface area contributed by atoms with Gasteiger partial charge in [0.2, 0.25) is 11.8 Å². The van der Waals surface area contributed by atoms with Crippen LogP contribution >= 0.6 is 11.8 Å². The maximum Gasteiger partial charge on any atom is 0.237 e. The summed E-state index contributed by atoms with van der Waals surface area (Å²) in [4.78, 5) is 25.4. The number of ether oxygens (including phenoxy) is 1. The second-order valence-electron chi connectivity index (χ2n) is 7.79. The Labute approximate surface area is 171 Å². The molecule has 2 rings (SSSR count). The normalized spacial score (nSPS) is 12.2. The topological polar surface area (TPSA) is 67.4 Å². The molecule has 0 aliphatic heterocycles. The molecule has 2 aromatic carbocycles. The van der Waals surface area contributed by atoms with Crippen molar-refractivity contribution >= 4 is 35.0 Å². The monoisotopic (exact) mass is 400 g/mol. The molecular weight excluding hydrogens is 372 g/mol. The first-order chi connectivity index (χ1) is 13.2. The highest BCUT2D eigenvalue weighted by Crippen LogP contribution is 2.26. The van der Waals surface area contributed by atoms with E-state index in [1.165, 1.54) is 11.8 Å². The lowest BCUT2D eigenvalue weighted by Crippen LogP contribution is -2.22. The fraction of sp³-hybridized carbons (Fsp3) is 0.364. The highest BCUT2D eigenvalue weighted by Gasteiger charge is 2.17. The van der Waals surface area contributed by atoms with Crippen LogP contribution in [0, 0.1) is 5.41 Å².